The number of benzene rings is 1. The molecule has 0 amide bonds. The number of nitrogens with two attached hydrogens (primary N) is 1. The van der Waals surface area contributed by atoms with E-state index in [-0.39, 0.29) is 0 Å². The number of anilines is 3. The molecule has 112 valence electrons. The molecule has 1 aliphatic rings. The summed E-state index contributed by atoms with van der Waals surface area (Å²) >= 11 is 0. The van der Waals surface area contributed by atoms with Gasteiger partial charge >= 0.3 is 0 Å². The average molecular weight is 295 g/mol. The molecule has 3 heterocycles. The maximum absolute atomic E-state index is 5.98. The van der Waals surface area contributed by atoms with Crippen LogP contribution in [0, 0.1) is 0 Å². The summed E-state index contributed by atoms with van der Waals surface area (Å²) in [6.45, 7) is 3.68. The van der Waals surface area contributed by atoms with E-state index >= 15 is 0 Å². The van der Waals surface area contributed by atoms with E-state index in [1.54, 1.807) is 0 Å². The average Bonchev–Trinajstić information content (AvgIpc) is 3.01. The van der Waals surface area contributed by atoms with E-state index in [1.807, 2.05) is 6.07 Å². The molecule has 1 fully saturated rings. The summed E-state index contributed by atoms with van der Waals surface area (Å²) in [4.78, 5) is 12.9. The number of rotatable bonds is 2. The first-order chi connectivity index (χ1) is 10.8. The van der Waals surface area contributed by atoms with Gasteiger partial charge in [0.15, 0.2) is 11.5 Å². The summed E-state index contributed by atoms with van der Waals surface area (Å²) in [7, 11) is 0. The Balaban J connectivity index is 1.56. The number of para-hydroxylation sites is 1. The molecule has 0 unspecified atom stereocenters. The Morgan fingerprint density at radius 3 is 2.45 bits per heavy atom. The van der Waals surface area contributed by atoms with Gasteiger partial charge in [0, 0.05) is 31.9 Å². The zero-order valence-corrected chi connectivity index (χ0v) is 12.1. The van der Waals surface area contributed by atoms with E-state index in [4.69, 9.17) is 5.73 Å². The van der Waals surface area contributed by atoms with Crippen molar-refractivity contribution in [3.05, 3.63) is 36.7 Å². The fourth-order valence-electron chi connectivity index (χ4n) is 2.91. The Bertz CT molecular complexity index is 775. The van der Waals surface area contributed by atoms with Crippen molar-refractivity contribution in [2.75, 3.05) is 41.7 Å². The van der Waals surface area contributed by atoms with E-state index in [9.17, 15) is 0 Å². The lowest BCUT2D eigenvalue weighted by molar-refractivity contribution is 0.648. The maximum atomic E-state index is 5.98. The van der Waals surface area contributed by atoms with Crippen LogP contribution in [-0.2, 0) is 0 Å². The van der Waals surface area contributed by atoms with Crippen LogP contribution in [0.4, 0.5) is 17.3 Å². The molecule has 1 aliphatic heterocycles. The predicted molar refractivity (Wildman–Crippen MR) is 87.0 cm³/mol. The number of H-pyrrole nitrogens is 1. The fourth-order valence-corrected chi connectivity index (χ4v) is 2.91. The number of nitrogens with zero attached hydrogens (tertiary/aromatic N) is 5. The quantitative estimate of drug-likeness (QED) is 0.740. The third-order valence-corrected chi connectivity index (χ3v) is 4.07. The first-order valence-corrected chi connectivity index (χ1v) is 7.32. The topological polar surface area (TPSA) is 87.0 Å². The molecule has 1 aromatic carbocycles. The smallest absolute Gasteiger partial charge is 0.163 e. The SMILES string of the molecule is Nc1ncnc2[nH]nc(N3CCN(c4ccccc4)CC3)c12. The molecule has 3 aromatic rings. The van der Waals surface area contributed by atoms with Gasteiger partial charge in [-0.3, -0.25) is 5.10 Å². The van der Waals surface area contributed by atoms with Gasteiger partial charge in [0.1, 0.15) is 17.5 Å². The van der Waals surface area contributed by atoms with Gasteiger partial charge in [-0.05, 0) is 12.1 Å². The van der Waals surface area contributed by atoms with Gasteiger partial charge in [0.05, 0.1) is 0 Å². The van der Waals surface area contributed by atoms with Gasteiger partial charge in [0.2, 0.25) is 0 Å². The minimum absolute atomic E-state index is 0.472. The number of nitrogen functional groups attached to an aromatic ring is 1. The number of aromatic amines is 1. The van der Waals surface area contributed by atoms with Crippen molar-refractivity contribution in [2.45, 2.75) is 0 Å². The zero-order chi connectivity index (χ0) is 14.9. The third-order valence-electron chi connectivity index (χ3n) is 4.07. The molecule has 0 bridgehead atoms. The van der Waals surface area contributed by atoms with Gasteiger partial charge in [-0.25, -0.2) is 9.97 Å². The van der Waals surface area contributed by atoms with Crippen molar-refractivity contribution in [1.82, 2.24) is 20.2 Å². The van der Waals surface area contributed by atoms with Gasteiger partial charge in [-0.15, -0.1) is 0 Å². The van der Waals surface area contributed by atoms with E-state index in [1.165, 1.54) is 12.0 Å². The van der Waals surface area contributed by atoms with E-state index in [2.05, 4.69) is 54.2 Å². The fraction of sp³-hybridized carbons (Fsp3) is 0.267. The second kappa shape index (κ2) is 5.18. The van der Waals surface area contributed by atoms with Crippen molar-refractivity contribution >= 4 is 28.4 Å². The molecular weight excluding hydrogens is 278 g/mol. The van der Waals surface area contributed by atoms with Crippen LogP contribution >= 0.6 is 0 Å². The summed E-state index contributed by atoms with van der Waals surface area (Å²) in [6, 6.07) is 10.5. The maximum Gasteiger partial charge on any atom is 0.163 e. The first-order valence-electron chi connectivity index (χ1n) is 7.32. The van der Waals surface area contributed by atoms with Crippen molar-refractivity contribution in [2.24, 2.45) is 0 Å². The van der Waals surface area contributed by atoms with Gasteiger partial charge in [0.25, 0.3) is 0 Å². The van der Waals surface area contributed by atoms with E-state index < -0.39 is 0 Å². The van der Waals surface area contributed by atoms with Crippen LogP contribution in [0.5, 0.6) is 0 Å². The summed E-state index contributed by atoms with van der Waals surface area (Å²) in [5.41, 5.74) is 7.93. The summed E-state index contributed by atoms with van der Waals surface area (Å²) in [6.07, 6.45) is 1.45. The van der Waals surface area contributed by atoms with E-state index in [0.717, 1.165) is 37.4 Å². The van der Waals surface area contributed by atoms with Crippen LogP contribution in [0.2, 0.25) is 0 Å². The van der Waals surface area contributed by atoms with E-state index in [0.29, 0.717) is 11.5 Å². The van der Waals surface area contributed by atoms with Gasteiger partial charge < -0.3 is 15.5 Å². The standard InChI is InChI=1S/C15H17N7/c16-13-12-14(18-10-17-13)19-20-15(12)22-8-6-21(7-9-22)11-4-2-1-3-5-11/h1-5,10H,6-9H2,(H3,16,17,18,19,20). The number of piperazine rings is 1. The third kappa shape index (κ3) is 2.11. The normalized spacial score (nSPS) is 15.5. The lowest BCUT2D eigenvalue weighted by Gasteiger charge is -2.36. The Morgan fingerprint density at radius 2 is 1.68 bits per heavy atom. The van der Waals surface area contributed by atoms with Crippen molar-refractivity contribution in [3.63, 3.8) is 0 Å². The molecule has 0 radical (unpaired) electrons. The molecule has 0 spiro atoms. The van der Waals surface area contributed by atoms with Crippen LogP contribution in [0.15, 0.2) is 36.7 Å². The lowest BCUT2D eigenvalue weighted by atomic mass is 10.2. The van der Waals surface area contributed by atoms with Crippen LogP contribution < -0.4 is 15.5 Å². The summed E-state index contributed by atoms with van der Waals surface area (Å²) < 4.78 is 0. The molecule has 2 aromatic heterocycles. The van der Waals surface area contributed by atoms with Crippen LogP contribution in [0.3, 0.4) is 0 Å². The molecular formula is C15H17N7. The molecule has 22 heavy (non-hydrogen) atoms. The Kier molecular flexibility index (Phi) is 3.03. The second-order valence-corrected chi connectivity index (χ2v) is 5.34. The largest absolute Gasteiger partial charge is 0.383 e. The second-order valence-electron chi connectivity index (χ2n) is 5.34. The van der Waals surface area contributed by atoms with Crippen molar-refractivity contribution < 1.29 is 0 Å². The molecule has 0 atom stereocenters. The van der Waals surface area contributed by atoms with Crippen LogP contribution in [-0.4, -0.2) is 46.3 Å². The van der Waals surface area contributed by atoms with Crippen LogP contribution in [0.25, 0.3) is 11.0 Å². The highest BCUT2D eigenvalue weighted by atomic mass is 15.3. The predicted octanol–water partition coefficient (Wildman–Crippen LogP) is 1.26. The minimum Gasteiger partial charge on any atom is -0.383 e. The monoisotopic (exact) mass is 295 g/mol. The highest BCUT2D eigenvalue weighted by Crippen LogP contribution is 2.27. The number of nitrogens with one attached hydrogen (secondary N) is 1. The number of hydrogen-bond acceptors (Lipinski definition) is 6. The number of hydrogen-bond donors (Lipinski definition) is 2. The van der Waals surface area contributed by atoms with Gasteiger partial charge in [-0.2, -0.15) is 5.10 Å². The summed E-state index contributed by atoms with van der Waals surface area (Å²) in [5.74, 6) is 1.32. The number of aromatic nitrogens is 4. The highest BCUT2D eigenvalue weighted by molar-refractivity contribution is 5.95. The minimum atomic E-state index is 0.472. The molecule has 1 saturated heterocycles. The van der Waals surface area contributed by atoms with Crippen LogP contribution in [0.1, 0.15) is 0 Å². The Hall–Kier alpha value is -2.83. The zero-order valence-electron chi connectivity index (χ0n) is 12.1. The molecule has 3 N–H and O–H groups in total. The molecule has 7 nitrogen and oxygen atoms in total. The molecule has 7 heteroatoms. The molecule has 4 rings (SSSR count). The summed E-state index contributed by atoms with van der Waals surface area (Å²) in [5, 5.41) is 8.13. The number of fused-ring (bicyclic) bond motifs is 1. The molecule has 0 aliphatic carbocycles. The Labute approximate surface area is 127 Å². The van der Waals surface area contributed by atoms with Crippen molar-refractivity contribution in [1.29, 1.82) is 0 Å². The Morgan fingerprint density at radius 1 is 0.955 bits per heavy atom. The lowest BCUT2D eigenvalue weighted by Crippen LogP contribution is -2.46. The van der Waals surface area contributed by atoms with Crippen molar-refractivity contribution in [3.8, 4) is 0 Å². The van der Waals surface area contributed by atoms with Gasteiger partial charge in [-0.1, -0.05) is 18.2 Å². The highest BCUT2D eigenvalue weighted by Gasteiger charge is 2.22. The molecule has 0 saturated carbocycles. The first kappa shape index (κ1) is 12.9.